The Kier molecular flexibility index (Phi) is 3.02. The second-order valence-electron chi connectivity index (χ2n) is 4.18. The van der Waals surface area contributed by atoms with Crippen molar-refractivity contribution in [2.24, 2.45) is 0 Å². The molecule has 16 heavy (non-hydrogen) atoms. The van der Waals surface area contributed by atoms with Crippen molar-refractivity contribution in [3.05, 3.63) is 71.3 Å². The number of alkyl halides is 1. The molecule has 2 rings (SSSR count). The van der Waals surface area contributed by atoms with Crippen LogP contribution < -0.4 is 0 Å². The molecule has 0 aromatic heterocycles. The zero-order valence-corrected chi connectivity index (χ0v) is 10.3. The second-order valence-corrected chi connectivity index (χ2v) is 4.94. The lowest BCUT2D eigenvalue weighted by molar-refractivity contribution is 0.813. The molecule has 82 valence electrons. The Bertz CT molecular complexity index is 472. The molecule has 2 aromatic carbocycles. The molecule has 0 fully saturated rings. The van der Waals surface area contributed by atoms with Crippen LogP contribution in [0.5, 0.6) is 0 Å². The summed E-state index contributed by atoms with van der Waals surface area (Å²) in [5.74, 6) is 0. The first-order valence-electron chi connectivity index (χ1n) is 5.43. The fourth-order valence-corrected chi connectivity index (χ4v) is 2.34. The maximum atomic E-state index is 6.69. The van der Waals surface area contributed by atoms with Crippen LogP contribution in [0.2, 0.25) is 0 Å². The number of hydrogen-bond donors (Lipinski definition) is 0. The fraction of sp³-hybridized carbons (Fsp3) is 0.200. The lowest BCUT2D eigenvalue weighted by Gasteiger charge is -2.25. The van der Waals surface area contributed by atoms with E-state index in [0.29, 0.717) is 0 Å². The van der Waals surface area contributed by atoms with Gasteiger partial charge in [0.1, 0.15) is 0 Å². The maximum absolute atomic E-state index is 6.69. The molecule has 1 unspecified atom stereocenters. The van der Waals surface area contributed by atoms with Crippen LogP contribution in [-0.2, 0) is 4.87 Å². The van der Waals surface area contributed by atoms with E-state index in [-0.39, 0.29) is 0 Å². The predicted molar refractivity (Wildman–Crippen MR) is 69.9 cm³/mol. The molecule has 1 heteroatoms. The molecule has 1 atom stereocenters. The molecule has 0 radical (unpaired) electrons. The molecule has 0 heterocycles. The number of aryl methyl sites for hydroxylation is 1. The summed E-state index contributed by atoms with van der Waals surface area (Å²) in [6.45, 7) is 4.14. The molecule has 0 N–H and O–H groups in total. The molecule has 0 aliphatic rings. The van der Waals surface area contributed by atoms with Crippen LogP contribution in [0, 0.1) is 6.92 Å². The summed E-state index contributed by atoms with van der Waals surface area (Å²) in [5.41, 5.74) is 3.53. The topological polar surface area (TPSA) is 0 Å². The van der Waals surface area contributed by atoms with E-state index in [4.69, 9.17) is 11.6 Å². The van der Waals surface area contributed by atoms with E-state index in [1.807, 2.05) is 37.3 Å². The van der Waals surface area contributed by atoms with E-state index >= 15 is 0 Å². The molecule has 0 saturated heterocycles. The van der Waals surface area contributed by atoms with Gasteiger partial charge in [-0.15, -0.1) is 11.6 Å². The number of halogens is 1. The monoisotopic (exact) mass is 230 g/mol. The highest BCUT2D eigenvalue weighted by Crippen LogP contribution is 2.37. The van der Waals surface area contributed by atoms with Crippen LogP contribution in [0.4, 0.5) is 0 Å². The zero-order valence-electron chi connectivity index (χ0n) is 9.57. The molecular weight excluding hydrogens is 216 g/mol. The molecule has 0 saturated carbocycles. The van der Waals surface area contributed by atoms with Gasteiger partial charge in [0.05, 0.1) is 4.87 Å². The van der Waals surface area contributed by atoms with Crippen molar-refractivity contribution in [2.45, 2.75) is 18.7 Å². The third kappa shape index (κ3) is 1.98. The van der Waals surface area contributed by atoms with Gasteiger partial charge < -0.3 is 0 Å². The number of rotatable bonds is 2. The Morgan fingerprint density at radius 3 is 2.06 bits per heavy atom. The minimum Gasteiger partial charge on any atom is -0.109 e. The second kappa shape index (κ2) is 4.31. The van der Waals surface area contributed by atoms with Gasteiger partial charge in [-0.05, 0) is 30.5 Å². The summed E-state index contributed by atoms with van der Waals surface area (Å²) in [6, 6.07) is 18.5. The van der Waals surface area contributed by atoms with E-state index < -0.39 is 4.87 Å². The van der Waals surface area contributed by atoms with Gasteiger partial charge in [-0.1, -0.05) is 54.6 Å². The van der Waals surface area contributed by atoms with Gasteiger partial charge in [-0.3, -0.25) is 0 Å². The van der Waals surface area contributed by atoms with Crippen LogP contribution in [0.3, 0.4) is 0 Å². The molecule has 0 amide bonds. The van der Waals surface area contributed by atoms with Gasteiger partial charge in [0.25, 0.3) is 0 Å². The first kappa shape index (κ1) is 11.2. The summed E-state index contributed by atoms with van der Waals surface area (Å²) in [6.07, 6.45) is 0. The molecule has 0 spiro atoms. The highest BCUT2D eigenvalue weighted by Gasteiger charge is 2.26. The average Bonchev–Trinajstić information content (AvgIpc) is 2.30. The van der Waals surface area contributed by atoms with Crippen LogP contribution in [-0.4, -0.2) is 0 Å². The minimum atomic E-state index is -0.452. The van der Waals surface area contributed by atoms with Crippen molar-refractivity contribution in [1.82, 2.24) is 0 Å². The lowest BCUT2D eigenvalue weighted by atomic mass is 9.89. The van der Waals surface area contributed by atoms with Crippen molar-refractivity contribution in [2.75, 3.05) is 0 Å². The number of benzene rings is 2. The number of hydrogen-bond acceptors (Lipinski definition) is 0. The minimum absolute atomic E-state index is 0.452. The molecule has 0 aliphatic carbocycles. The van der Waals surface area contributed by atoms with E-state index in [0.717, 1.165) is 5.56 Å². The van der Waals surface area contributed by atoms with E-state index in [2.05, 4.69) is 31.2 Å². The van der Waals surface area contributed by atoms with Crippen LogP contribution in [0.25, 0.3) is 0 Å². The molecule has 0 aliphatic heterocycles. The van der Waals surface area contributed by atoms with E-state index in [9.17, 15) is 0 Å². The van der Waals surface area contributed by atoms with Crippen LogP contribution in [0.1, 0.15) is 23.6 Å². The third-order valence-corrected chi connectivity index (χ3v) is 3.39. The molecule has 2 aromatic rings. The smallest absolute Gasteiger partial charge is 0.0918 e. The summed E-state index contributed by atoms with van der Waals surface area (Å²) < 4.78 is 0. The first-order chi connectivity index (χ1) is 7.62. The molecule has 0 bridgehead atoms. The Balaban J connectivity index is 2.51. The van der Waals surface area contributed by atoms with Gasteiger partial charge >= 0.3 is 0 Å². The lowest BCUT2D eigenvalue weighted by Crippen LogP contribution is -2.16. The SMILES string of the molecule is Cc1ccccc1C(C)(Cl)c1ccccc1. The summed E-state index contributed by atoms with van der Waals surface area (Å²) in [4.78, 5) is -0.452. The van der Waals surface area contributed by atoms with Crippen molar-refractivity contribution in [1.29, 1.82) is 0 Å². The summed E-state index contributed by atoms with van der Waals surface area (Å²) in [7, 11) is 0. The van der Waals surface area contributed by atoms with Crippen molar-refractivity contribution in [3.63, 3.8) is 0 Å². The van der Waals surface area contributed by atoms with Gasteiger partial charge in [0, 0.05) is 0 Å². The predicted octanol–water partition coefficient (Wildman–Crippen LogP) is 4.50. The Hall–Kier alpha value is -1.27. The Morgan fingerprint density at radius 1 is 0.875 bits per heavy atom. The van der Waals surface area contributed by atoms with Gasteiger partial charge in [-0.2, -0.15) is 0 Å². The zero-order chi connectivity index (χ0) is 11.6. The van der Waals surface area contributed by atoms with E-state index in [1.165, 1.54) is 11.1 Å². The van der Waals surface area contributed by atoms with Crippen molar-refractivity contribution < 1.29 is 0 Å². The van der Waals surface area contributed by atoms with Crippen LogP contribution >= 0.6 is 11.6 Å². The quantitative estimate of drug-likeness (QED) is 0.667. The Morgan fingerprint density at radius 2 is 1.44 bits per heavy atom. The largest absolute Gasteiger partial charge is 0.109 e. The summed E-state index contributed by atoms with van der Waals surface area (Å²) in [5, 5.41) is 0. The standard InChI is InChI=1S/C15H15Cl/c1-12-8-6-7-11-14(12)15(2,16)13-9-4-3-5-10-13/h3-11H,1-2H3. The summed E-state index contributed by atoms with van der Waals surface area (Å²) >= 11 is 6.69. The Labute approximate surface area is 102 Å². The average molecular weight is 231 g/mol. The van der Waals surface area contributed by atoms with Crippen LogP contribution in [0.15, 0.2) is 54.6 Å². The van der Waals surface area contributed by atoms with Crippen molar-refractivity contribution >= 4 is 11.6 Å². The maximum Gasteiger partial charge on any atom is 0.0918 e. The first-order valence-corrected chi connectivity index (χ1v) is 5.80. The fourth-order valence-electron chi connectivity index (χ4n) is 2.01. The highest BCUT2D eigenvalue weighted by molar-refractivity contribution is 6.25. The normalized spacial score (nSPS) is 14.4. The van der Waals surface area contributed by atoms with Crippen molar-refractivity contribution in [3.8, 4) is 0 Å². The van der Waals surface area contributed by atoms with Gasteiger partial charge in [-0.25, -0.2) is 0 Å². The molecule has 0 nitrogen and oxygen atoms in total. The van der Waals surface area contributed by atoms with E-state index in [1.54, 1.807) is 0 Å². The molecular formula is C15H15Cl. The highest BCUT2D eigenvalue weighted by atomic mass is 35.5. The van der Waals surface area contributed by atoms with Gasteiger partial charge in [0.15, 0.2) is 0 Å². The third-order valence-electron chi connectivity index (χ3n) is 2.97. The van der Waals surface area contributed by atoms with Gasteiger partial charge in [0.2, 0.25) is 0 Å².